The number of nitrogens with one attached hydrogen (secondary N) is 1. The smallest absolute Gasteiger partial charge is 0.280 e. The Kier molecular flexibility index (Phi) is 5.88. The van der Waals surface area contributed by atoms with Crippen LogP contribution in [0.2, 0.25) is 10.0 Å². The number of fused-ring (bicyclic) bond motifs is 2. The summed E-state index contributed by atoms with van der Waals surface area (Å²) in [6.45, 7) is 1.63. The van der Waals surface area contributed by atoms with Crippen molar-refractivity contribution in [2.75, 3.05) is 0 Å². The summed E-state index contributed by atoms with van der Waals surface area (Å²) < 4.78 is 5.63. The Labute approximate surface area is 184 Å². The van der Waals surface area contributed by atoms with Gasteiger partial charge < -0.3 is 4.74 Å². The van der Waals surface area contributed by atoms with E-state index in [4.69, 9.17) is 27.9 Å². The van der Waals surface area contributed by atoms with Gasteiger partial charge in [-0.15, -0.1) is 0 Å². The lowest BCUT2D eigenvalue weighted by atomic mass is 9.97. The molecule has 0 aliphatic heterocycles. The van der Waals surface area contributed by atoms with Crippen LogP contribution in [0.3, 0.4) is 0 Å². The van der Waals surface area contributed by atoms with Gasteiger partial charge in [0, 0.05) is 10.6 Å². The summed E-state index contributed by atoms with van der Waals surface area (Å²) >= 11 is 12.0. The molecule has 0 aromatic heterocycles. The molecule has 30 heavy (non-hydrogen) atoms. The van der Waals surface area contributed by atoms with E-state index in [0.29, 0.717) is 15.8 Å². The fourth-order valence-electron chi connectivity index (χ4n) is 3.25. The van der Waals surface area contributed by atoms with Crippen LogP contribution in [0.4, 0.5) is 0 Å². The molecule has 0 fully saturated rings. The van der Waals surface area contributed by atoms with Crippen LogP contribution in [-0.4, -0.2) is 18.2 Å². The zero-order chi connectivity index (χ0) is 21.1. The second-order valence-corrected chi connectivity index (χ2v) is 7.65. The van der Waals surface area contributed by atoms with Crippen LogP contribution >= 0.6 is 23.2 Å². The molecular formula is C24H18Cl2N2O2. The van der Waals surface area contributed by atoms with Gasteiger partial charge in [-0.25, -0.2) is 5.43 Å². The highest BCUT2D eigenvalue weighted by Crippen LogP contribution is 2.29. The standard InChI is InChI=1S/C24H18Cl2N2O2/c1-15(30-23-11-10-18(25)13-22(23)26)24(29)28-27-14-21-19-8-4-2-6-16(19)12-17-7-3-5-9-20(17)21/h2-15H,1H3,(H,28,29)/t15-/m0/s1. The van der Waals surface area contributed by atoms with Crippen LogP contribution in [0.15, 0.2) is 77.9 Å². The summed E-state index contributed by atoms with van der Waals surface area (Å²) in [5, 5.41) is 9.36. The first kappa shape index (κ1) is 20.2. The molecule has 0 aliphatic carbocycles. The number of hydrogen-bond acceptors (Lipinski definition) is 3. The Bertz CT molecular complexity index is 1220. The van der Waals surface area contributed by atoms with Crippen molar-refractivity contribution in [1.29, 1.82) is 0 Å². The molecule has 4 nitrogen and oxygen atoms in total. The van der Waals surface area contributed by atoms with E-state index < -0.39 is 6.10 Å². The molecule has 1 N–H and O–H groups in total. The molecule has 1 atom stereocenters. The lowest BCUT2D eigenvalue weighted by molar-refractivity contribution is -0.127. The van der Waals surface area contributed by atoms with E-state index in [0.717, 1.165) is 27.1 Å². The van der Waals surface area contributed by atoms with Gasteiger partial charge in [0.05, 0.1) is 11.2 Å². The molecule has 1 amide bonds. The minimum absolute atomic E-state index is 0.341. The first-order valence-electron chi connectivity index (χ1n) is 9.38. The molecule has 0 radical (unpaired) electrons. The Balaban J connectivity index is 1.55. The summed E-state index contributed by atoms with van der Waals surface area (Å²) in [5.74, 6) is -0.00504. The summed E-state index contributed by atoms with van der Waals surface area (Å²) in [6.07, 6.45) is 0.884. The number of amides is 1. The van der Waals surface area contributed by atoms with Gasteiger partial charge in [-0.3, -0.25) is 4.79 Å². The van der Waals surface area contributed by atoms with E-state index in [9.17, 15) is 4.79 Å². The number of hydrazone groups is 1. The lowest BCUT2D eigenvalue weighted by Gasteiger charge is -2.14. The Morgan fingerprint density at radius 3 is 2.23 bits per heavy atom. The number of carbonyl (C=O) groups excluding carboxylic acids is 1. The molecule has 4 rings (SSSR count). The Morgan fingerprint density at radius 1 is 0.967 bits per heavy atom. The highest BCUT2D eigenvalue weighted by molar-refractivity contribution is 6.35. The number of rotatable bonds is 5. The predicted molar refractivity (Wildman–Crippen MR) is 124 cm³/mol. The largest absolute Gasteiger partial charge is 0.479 e. The van der Waals surface area contributed by atoms with Crippen molar-refractivity contribution in [2.24, 2.45) is 5.10 Å². The van der Waals surface area contributed by atoms with E-state index in [1.165, 1.54) is 0 Å². The van der Waals surface area contributed by atoms with Crippen molar-refractivity contribution in [3.8, 4) is 5.75 Å². The number of benzene rings is 4. The molecule has 6 heteroatoms. The van der Waals surface area contributed by atoms with Crippen LogP contribution in [0, 0.1) is 0 Å². The summed E-state index contributed by atoms with van der Waals surface area (Å²) in [7, 11) is 0. The normalized spacial score (nSPS) is 12.4. The van der Waals surface area contributed by atoms with Crippen LogP contribution in [0.25, 0.3) is 21.5 Å². The van der Waals surface area contributed by atoms with Crippen molar-refractivity contribution in [1.82, 2.24) is 5.43 Å². The van der Waals surface area contributed by atoms with E-state index in [-0.39, 0.29) is 5.91 Å². The fourth-order valence-corrected chi connectivity index (χ4v) is 3.71. The number of nitrogens with zero attached hydrogens (tertiary/aromatic N) is 1. The van der Waals surface area contributed by atoms with Gasteiger partial charge in [0.1, 0.15) is 5.75 Å². The second kappa shape index (κ2) is 8.74. The van der Waals surface area contributed by atoms with Gasteiger partial charge in [0.2, 0.25) is 0 Å². The SMILES string of the molecule is C[C@H](Oc1ccc(Cl)cc1Cl)C(=O)NN=Cc1c2ccccc2cc2ccccc12. The average Bonchev–Trinajstić information content (AvgIpc) is 2.75. The Morgan fingerprint density at radius 2 is 1.60 bits per heavy atom. The quantitative estimate of drug-likeness (QED) is 0.229. The molecule has 0 heterocycles. The van der Waals surface area contributed by atoms with Crippen LogP contribution < -0.4 is 10.2 Å². The van der Waals surface area contributed by atoms with Crippen LogP contribution in [0.5, 0.6) is 5.75 Å². The molecule has 0 aliphatic rings. The number of carbonyl (C=O) groups is 1. The summed E-state index contributed by atoms with van der Waals surface area (Å²) in [4.78, 5) is 12.4. The highest BCUT2D eigenvalue weighted by Gasteiger charge is 2.16. The predicted octanol–water partition coefficient (Wildman–Crippen LogP) is 6.22. The monoisotopic (exact) mass is 436 g/mol. The number of hydrogen-bond donors (Lipinski definition) is 1. The van der Waals surface area contributed by atoms with Crippen molar-refractivity contribution < 1.29 is 9.53 Å². The summed E-state index contributed by atoms with van der Waals surface area (Å²) in [6, 6.07) is 23.2. The van der Waals surface area contributed by atoms with E-state index in [2.05, 4.69) is 28.7 Å². The molecule has 150 valence electrons. The maximum absolute atomic E-state index is 12.4. The second-order valence-electron chi connectivity index (χ2n) is 6.80. The van der Waals surface area contributed by atoms with Gasteiger partial charge in [0.25, 0.3) is 5.91 Å². The first-order valence-corrected chi connectivity index (χ1v) is 10.1. The van der Waals surface area contributed by atoms with Gasteiger partial charge in [-0.1, -0.05) is 71.7 Å². The molecule has 0 saturated carbocycles. The Hall–Kier alpha value is -3.08. The van der Waals surface area contributed by atoms with Gasteiger partial charge in [0.15, 0.2) is 6.10 Å². The van der Waals surface area contributed by atoms with Crippen molar-refractivity contribution in [2.45, 2.75) is 13.0 Å². The fraction of sp³-hybridized carbons (Fsp3) is 0.0833. The van der Waals surface area contributed by atoms with Crippen LogP contribution in [-0.2, 0) is 4.79 Å². The molecule has 4 aromatic rings. The zero-order valence-corrected chi connectivity index (χ0v) is 17.6. The van der Waals surface area contributed by atoms with E-state index in [1.54, 1.807) is 31.3 Å². The van der Waals surface area contributed by atoms with Crippen molar-refractivity contribution >= 4 is 56.9 Å². The van der Waals surface area contributed by atoms with Gasteiger partial charge in [-0.05, 0) is 52.7 Å². The van der Waals surface area contributed by atoms with Crippen molar-refractivity contribution in [3.63, 3.8) is 0 Å². The summed E-state index contributed by atoms with van der Waals surface area (Å²) in [5.41, 5.74) is 3.49. The first-order chi connectivity index (χ1) is 14.5. The van der Waals surface area contributed by atoms with Gasteiger partial charge >= 0.3 is 0 Å². The van der Waals surface area contributed by atoms with E-state index in [1.807, 2.05) is 36.4 Å². The lowest BCUT2D eigenvalue weighted by Crippen LogP contribution is -2.33. The number of halogens is 2. The maximum atomic E-state index is 12.4. The topological polar surface area (TPSA) is 50.7 Å². The molecule has 0 unspecified atom stereocenters. The number of ether oxygens (including phenoxy) is 1. The highest BCUT2D eigenvalue weighted by atomic mass is 35.5. The molecule has 4 aromatic carbocycles. The molecule has 0 saturated heterocycles. The molecule has 0 bridgehead atoms. The molecule has 0 spiro atoms. The zero-order valence-electron chi connectivity index (χ0n) is 16.1. The molecular weight excluding hydrogens is 419 g/mol. The third-order valence-corrected chi connectivity index (χ3v) is 5.28. The van der Waals surface area contributed by atoms with Crippen LogP contribution in [0.1, 0.15) is 12.5 Å². The van der Waals surface area contributed by atoms with E-state index >= 15 is 0 Å². The minimum Gasteiger partial charge on any atom is -0.479 e. The third kappa shape index (κ3) is 4.25. The maximum Gasteiger partial charge on any atom is 0.280 e. The third-order valence-electron chi connectivity index (χ3n) is 4.75. The van der Waals surface area contributed by atoms with Crippen molar-refractivity contribution in [3.05, 3.63) is 88.4 Å². The average molecular weight is 437 g/mol. The minimum atomic E-state index is -0.787. The van der Waals surface area contributed by atoms with Gasteiger partial charge in [-0.2, -0.15) is 5.10 Å².